The highest BCUT2D eigenvalue weighted by molar-refractivity contribution is 6.31. The number of hydrogen-bond acceptors (Lipinski definition) is 3. The fourth-order valence-corrected chi connectivity index (χ4v) is 3.19. The van der Waals surface area contributed by atoms with E-state index in [4.69, 9.17) is 11.6 Å². The van der Waals surface area contributed by atoms with Crippen molar-refractivity contribution in [3.05, 3.63) is 35.0 Å². The van der Waals surface area contributed by atoms with Crippen LogP contribution in [0.3, 0.4) is 0 Å². The van der Waals surface area contributed by atoms with Gasteiger partial charge in [-0.15, -0.1) is 0 Å². The number of fused-ring (bicyclic) bond motifs is 1. The van der Waals surface area contributed by atoms with Crippen LogP contribution in [0, 0.1) is 0 Å². The molecule has 1 atom stereocenters. The lowest BCUT2D eigenvalue weighted by Gasteiger charge is -2.13. The summed E-state index contributed by atoms with van der Waals surface area (Å²) in [5.41, 5.74) is 5.75. The normalized spacial score (nSPS) is 11.8. The average molecular weight is 421 g/mol. The molecule has 1 aromatic heterocycles. The van der Waals surface area contributed by atoms with E-state index in [1.54, 1.807) is 24.3 Å². The summed E-state index contributed by atoms with van der Waals surface area (Å²) in [4.78, 5) is 39.0. The molecule has 4 N–H and O–H groups in total. The second-order valence-corrected chi connectivity index (χ2v) is 7.67. The number of H-pyrrole nitrogens is 1. The van der Waals surface area contributed by atoms with Gasteiger partial charge >= 0.3 is 0 Å². The number of aromatic amines is 1. The molecule has 158 valence electrons. The molecule has 2 aromatic rings. The van der Waals surface area contributed by atoms with Crippen LogP contribution in [-0.4, -0.2) is 28.7 Å². The molecule has 1 heterocycles. The summed E-state index contributed by atoms with van der Waals surface area (Å²) in [7, 11) is 0. The molecular formula is C21H29ClN4O3. The largest absolute Gasteiger partial charge is 0.354 e. The molecule has 0 aliphatic heterocycles. The summed E-state index contributed by atoms with van der Waals surface area (Å²) >= 11 is 5.94. The highest BCUT2D eigenvalue weighted by Gasteiger charge is 2.13. The molecule has 7 nitrogen and oxygen atoms in total. The number of benzene rings is 1. The molecule has 8 heteroatoms. The number of carbonyl (C=O) groups is 3. The van der Waals surface area contributed by atoms with Crippen molar-refractivity contribution in [2.45, 2.75) is 64.8 Å². The lowest BCUT2D eigenvalue weighted by atomic mass is 10.1. The number of halogens is 1. The van der Waals surface area contributed by atoms with Crippen molar-refractivity contribution >= 4 is 40.2 Å². The van der Waals surface area contributed by atoms with E-state index in [-0.39, 0.29) is 24.8 Å². The van der Waals surface area contributed by atoms with Gasteiger partial charge < -0.3 is 10.3 Å². The van der Waals surface area contributed by atoms with Crippen molar-refractivity contribution in [1.82, 2.24) is 21.2 Å². The number of aromatic nitrogens is 1. The maximum Gasteiger partial charge on any atom is 0.286 e. The van der Waals surface area contributed by atoms with Gasteiger partial charge in [-0.25, -0.2) is 0 Å². The molecule has 0 saturated heterocycles. The predicted octanol–water partition coefficient (Wildman–Crippen LogP) is 3.84. The van der Waals surface area contributed by atoms with Crippen LogP contribution in [0.2, 0.25) is 5.02 Å². The number of rotatable bonds is 10. The highest BCUT2D eigenvalue weighted by atomic mass is 35.5. The van der Waals surface area contributed by atoms with Crippen LogP contribution < -0.4 is 16.2 Å². The summed E-state index contributed by atoms with van der Waals surface area (Å²) in [6.07, 6.45) is 5.65. The quantitative estimate of drug-likeness (QED) is 0.347. The minimum Gasteiger partial charge on any atom is -0.354 e. The Morgan fingerprint density at radius 1 is 1.03 bits per heavy atom. The first-order chi connectivity index (χ1) is 13.9. The minimum atomic E-state index is -0.476. The third kappa shape index (κ3) is 7.77. The van der Waals surface area contributed by atoms with E-state index >= 15 is 0 Å². The summed E-state index contributed by atoms with van der Waals surface area (Å²) in [5, 5.41) is 4.28. The third-order valence-electron chi connectivity index (χ3n) is 4.62. The monoisotopic (exact) mass is 420 g/mol. The molecular weight excluding hydrogens is 392 g/mol. The van der Waals surface area contributed by atoms with Crippen LogP contribution >= 0.6 is 11.6 Å². The average Bonchev–Trinajstić information content (AvgIpc) is 3.11. The first-order valence-electron chi connectivity index (χ1n) is 10.1. The minimum absolute atomic E-state index is 0.00300. The van der Waals surface area contributed by atoms with Crippen LogP contribution in [0.5, 0.6) is 0 Å². The first kappa shape index (κ1) is 22.7. The molecule has 0 fully saturated rings. The van der Waals surface area contributed by atoms with Gasteiger partial charge in [-0.05, 0) is 37.6 Å². The summed E-state index contributed by atoms with van der Waals surface area (Å²) in [6, 6.07) is 6.99. The van der Waals surface area contributed by atoms with Gasteiger partial charge in [-0.1, -0.05) is 44.2 Å². The molecule has 0 aliphatic rings. The molecule has 3 amide bonds. The number of amides is 3. The van der Waals surface area contributed by atoms with Crippen LogP contribution in [0.4, 0.5) is 0 Å². The summed E-state index contributed by atoms with van der Waals surface area (Å²) < 4.78 is 0. The van der Waals surface area contributed by atoms with Crippen LogP contribution in [0.25, 0.3) is 10.9 Å². The molecule has 0 unspecified atom stereocenters. The van der Waals surface area contributed by atoms with E-state index < -0.39 is 11.8 Å². The SMILES string of the molecule is CCCCCC[C@@H](C)NC(=O)CCC(=O)NNC(=O)c1cc2cc(Cl)ccc2[nH]1. The van der Waals surface area contributed by atoms with Crippen LogP contribution in [0.15, 0.2) is 24.3 Å². The summed E-state index contributed by atoms with van der Waals surface area (Å²) in [6.45, 7) is 4.13. The Hall–Kier alpha value is -2.54. The number of carbonyl (C=O) groups excluding carboxylic acids is 3. The van der Waals surface area contributed by atoms with Gasteiger partial charge in [0.15, 0.2) is 0 Å². The Bertz CT molecular complexity index is 850. The molecule has 2 rings (SSSR count). The van der Waals surface area contributed by atoms with E-state index in [9.17, 15) is 14.4 Å². The zero-order chi connectivity index (χ0) is 21.2. The van der Waals surface area contributed by atoms with Gasteiger partial charge in [-0.3, -0.25) is 25.2 Å². The van der Waals surface area contributed by atoms with Crippen molar-refractivity contribution in [3.8, 4) is 0 Å². The van der Waals surface area contributed by atoms with Crippen molar-refractivity contribution in [2.24, 2.45) is 0 Å². The van der Waals surface area contributed by atoms with E-state index in [0.29, 0.717) is 10.7 Å². The van der Waals surface area contributed by atoms with E-state index in [1.165, 1.54) is 19.3 Å². The van der Waals surface area contributed by atoms with E-state index in [1.807, 2.05) is 6.92 Å². The zero-order valence-corrected chi connectivity index (χ0v) is 17.7. The van der Waals surface area contributed by atoms with Crippen molar-refractivity contribution in [2.75, 3.05) is 0 Å². The standard InChI is InChI=1S/C21H29ClN4O3/c1-3-4-5-6-7-14(2)23-19(27)10-11-20(28)25-26-21(29)18-13-15-12-16(22)8-9-17(15)24-18/h8-9,12-14,24H,3-7,10-11H2,1-2H3,(H,23,27)(H,25,28)(H,26,29)/t14-/m1/s1. The number of hydrazine groups is 1. The second-order valence-electron chi connectivity index (χ2n) is 7.23. The van der Waals surface area contributed by atoms with Gasteiger partial charge in [0.2, 0.25) is 11.8 Å². The Morgan fingerprint density at radius 3 is 2.55 bits per heavy atom. The van der Waals surface area contributed by atoms with Crippen LogP contribution in [-0.2, 0) is 9.59 Å². The third-order valence-corrected chi connectivity index (χ3v) is 4.86. The zero-order valence-electron chi connectivity index (χ0n) is 16.9. The van der Waals surface area contributed by atoms with Gasteiger partial charge in [0.05, 0.1) is 0 Å². The molecule has 0 aliphatic carbocycles. The summed E-state index contributed by atoms with van der Waals surface area (Å²) in [5.74, 6) is -1.07. The van der Waals surface area contributed by atoms with E-state index in [2.05, 4.69) is 28.1 Å². The van der Waals surface area contributed by atoms with E-state index in [0.717, 1.165) is 23.7 Å². The lowest BCUT2D eigenvalue weighted by molar-refractivity contribution is -0.127. The van der Waals surface area contributed by atoms with Gasteiger partial charge in [-0.2, -0.15) is 0 Å². The molecule has 0 radical (unpaired) electrons. The predicted molar refractivity (Wildman–Crippen MR) is 115 cm³/mol. The topological polar surface area (TPSA) is 103 Å². The molecule has 0 bridgehead atoms. The Balaban J connectivity index is 1.68. The number of hydrogen-bond donors (Lipinski definition) is 4. The fourth-order valence-electron chi connectivity index (χ4n) is 3.01. The van der Waals surface area contributed by atoms with Gasteiger partial charge in [0.25, 0.3) is 5.91 Å². The lowest BCUT2D eigenvalue weighted by Crippen LogP contribution is -2.42. The van der Waals surface area contributed by atoms with Gasteiger partial charge in [0, 0.05) is 34.8 Å². The van der Waals surface area contributed by atoms with Gasteiger partial charge in [0.1, 0.15) is 5.69 Å². The molecule has 1 aromatic carbocycles. The molecule has 0 spiro atoms. The highest BCUT2D eigenvalue weighted by Crippen LogP contribution is 2.19. The maximum atomic E-state index is 12.2. The maximum absolute atomic E-state index is 12.2. The smallest absolute Gasteiger partial charge is 0.286 e. The number of nitrogens with one attached hydrogen (secondary N) is 4. The first-order valence-corrected chi connectivity index (χ1v) is 10.4. The Kier molecular flexibility index (Phi) is 8.99. The Labute approximate surface area is 175 Å². The van der Waals surface area contributed by atoms with Crippen molar-refractivity contribution < 1.29 is 14.4 Å². The fraction of sp³-hybridized carbons (Fsp3) is 0.476. The Morgan fingerprint density at radius 2 is 1.79 bits per heavy atom. The second kappa shape index (κ2) is 11.5. The molecule has 0 saturated carbocycles. The molecule has 29 heavy (non-hydrogen) atoms. The number of unbranched alkanes of at least 4 members (excludes halogenated alkanes) is 3. The van der Waals surface area contributed by atoms with Crippen LogP contribution in [0.1, 0.15) is 69.3 Å². The van der Waals surface area contributed by atoms with Crippen molar-refractivity contribution in [1.29, 1.82) is 0 Å². The van der Waals surface area contributed by atoms with Crippen molar-refractivity contribution in [3.63, 3.8) is 0 Å².